The third-order valence-corrected chi connectivity index (χ3v) is 7.29. The molecule has 0 radical (unpaired) electrons. The van der Waals surface area contributed by atoms with Crippen LogP contribution in [0.25, 0.3) is 0 Å². The number of likely N-dealkylation sites (tertiary alicyclic amines) is 1. The number of fused-ring (bicyclic) bond motifs is 1. The van der Waals surface area contributed by atoms with Crippen molar-refractivity contribution in [1.29, 1.82) is 0 Å². The largest absolute Gasteiger partial charge is 0.328 e. The topological polar surface area (TPSA) is 63.8 Å². The van der Waals surface area contributed by atoms with Gasteiger partial charge in [0.2, 0.25) is 5.13 Å². The second-order valence-electron chi connectivity index (χ2n) is 8.27. The zero-order valence-corrected chi connectivity index (χ0v) is 19.0. The molecule has 0 saturated carbocycles. The van der Waals surface area contributed by atoms with Gasteiger partial charge in [0.1, 0.15) is 17.5 Å². The molecule has 2 aromatic heterocycles. The SMILES string of the molecule is Fc1ccccc1Nc1nn(CN2CCC[C@H](c3nnc4n3CCCCC4)C2)c(=S)s1. The van der Waals surface area contributed by atoms with E-state index in [0.29, 0.717) is 27.4 Å². The molecule has 0 amide bonds. The molecule has 1 saturated heterocycles. The fourth-order valence-electron chi connectivity index (χ4n) is 4.52. The molecule has 3 aromatic rings. The van der Waals surface area contributed by atoms with E-state index >= 15 is 0 Å². The Morgan fingerprint density at radius 1 is 1.13 bits per heavy atom. The summed E-state index contributed by atoms with van der Waals surface area (Å²) in [5.74, 6) is 2.37. The van der Waals surface area contributed by atoms with Crippen LogP contribution in [-0.2, 0) is 19.6 Å². The Balaban J connectivity index is 1.28. The molecule has 0 unspecified atom stereocenters. The van der Waals surface area contributed by atoms with E-state index in [1.165, 1.54) is 36.7 Å². The van der Waals surface area contributed by atoms with E-state index in [4.69, 9.17) is 12.2 Å². The molecule has 1 aromatic carbocycles. The van der Waals surface area contributed by atoms with E-state index in [0.717, 1.165) is 50.5 Å². The molecule has 31 heavy (non-hydrogen) atoms. The van der Waals surface area contributed by atoms with Crippen LogP contribution in [0.2, 0.25) is 0 Å². The van der Waals surface area contributed by atoms with Gasteiger partial charge in [-0.1, -0.05) is 29.9 Å². The Bertz CT molecular complexity index is 1110. The number of hydrogen-bond donors (Lipinski definition) is 1. The Labute approximate surface area is 189 Å². The summed E-state index contributed by atoms with van der Waals surface area (Å²) in [6.45, 7) is 3.60. The summed E-state index contributed by atoms with van der Waals surface area (Å²) in [7, 11) is 0. The average molecular weight is 460 g/mol. The highest BCUT2D eigenvalue weighted by atomic mass is 32.1. The van der Waals surface area contributed by atoms with Crippen molar-refractivity contribution < 1.29 is 4.39 Å². The van der Waals surface area contributed by atoms with Gasteiger partial charge in [-0.05, 0) is 56.6 Å². The molecule has 7 nitrogen and oxygen atoms in total. The molecule has 0 aliphatic carbocycles. The van der Waals surface area contributed by atoms with Crippen LogP contribution < -0.4 is 5.32 Å². The van der Waals surface area contributed by atoms with Gasteiger partial charge in [-0.3, -0.25) is 4.90 Å². The fourth-order valence-corrected chi connectivity index (χ4v) is 5.52. The summed E-state index contributed by atoms with van der Waals surface area (Å²) in [5.41, 5.74) is 0.406. The van der Waals surface area contributed by atoms with E-state index in [2.05, 4.69) is 30.1 Å². The average Bonchev–Trinajstić information content (AvgIpc) is 3.24. The van der Waals surface area contributed by atoms with Gasteiger partial charge in [0.05, 0.1) is 12.4 Å². The first kappa shape index (κ1) is 20.7. The Kier molecular flexibility index (Phi) is 6.10. The van der Waals surface area contributed by atoms with Crippen molar-refractivity contribution >= 4 is 34.4 Å². The van der Waals surface area contributed by atoms with Gasteiger partial charge >= 0.3 is 0 Å². The molecule has 2 aliphatic heterocycles. The Hall–Kier alpha value is -2.17. The highest BCUT2D eigenvalue weighted by Gasteiger charge is 2.27. The lowest BCUT2D eigenvalue weighted by Crippen LogP contribution is -2.37. The lowest BCUT2D eigenvalue weighted by molar-refractivity contribution is 0.153. The van der Waals surface area contributed by atoms with Crippen LogP contribution >= 0.6 is 23.6 Å². The summed E-state index contributed by atoms with van der Waals surface area (Å²) >= 11 is 6.89. The van der Waals surface area contributed by atoms with Crippen LogP contribution in [0.3, 0.4) is 0 Å². The molecule has 1 atom stereocenters. The monoisotopic (exact) mass is 459 g/mol. The van der Waals surface area contributed by atoms with Crippen molar-refractivity contribution in [3.8, 4) is 0 Å². The molecular formula is C21H26FN7S2. The summed E-state index contributed by atoms with van der Waals surface area (Å²) in [6.07, 6.45) is 6.97. The van der Waals surface area contributed by atoms with Crippen LogP contribution in [0.15, 0.2) is 24.3 Å². The van der Waals surface area contributed by atoms with E-state index in [9.17, 15) is 4.39 Å². The molecule has 4 heterocycles. The van der Waals surface area contributed by atoms with Gasteiger partial charge in [0.25, 0.3) is 0 Å². The van der Waals surface area contributed by atoms with Gasteiger partial charge in [0.15, 0.2) is 3.95 Å². The Morgan fingerprint density at radius 3 is 2.94 bits per heavy atom. The smallest absolute Gasteiger partial charge is 0.209 e. The molecule has 10 heteroatoms. The number of para-hydroxylation sites is 1. The summed E-state index contributed by atoms with van der Waals surface area (Å²) < 4.78 is 18.8. The first-order valence-electron chi connectivity index (χ1n) is 10.9. The number of aromatic nitrogens is 5. The number of nitrogens with one attached hydrogen (secondary N) is 1. The number of piperidine rings is 1. The maximum absolute atomic E-state index is 13.9. The molecule has 0 spiro atoms. The van der Waals surface area contributed by atoms with E-state index in [1.54, 1.807) is 18.2 Å². The number of aryl methyl sites for hydroxylation is 1. The molecular weight excluding hydrogens is 433 g/mol. The lowest BCUT2D eigenvalue weighted by Gasteiger charge is -2.32. The van der Waals surface area contributed by atoms with Crippen LogP contribution in [-0.4, -0.2) is 42.5 Å². The highest BCUT2D eigenvalue weighted by Crippen LogP contribution is 2.29. The Morgan fingerprint density at radius 2 is 2.03 bits per heavy atom. The van der Waals surface area contributed by atoms with Crippen molar-refractivity contribution in [1.82, 2.24) is 29.4 Å². The van der Waals surface area contributed by atoms with Gasteiger partial charge in [-0.2, -0.15) is 0 Å². The van der Waals surface area contributed by atoms with Crippen LogP contribution in [0.4, 0.5) is 15.2 Å². The number of halogens is 1. The summed E-state index contributed by atoms with van der Waals surface area (Å²) in [4.78, 5) is 2.38. The van der Waals surface area contributed by atoms with Gasteiger partial charge in [-0.25, -0.2) is 9.07 Å². The third-order valence-electron chi connectivity index (χ3n) is 6.06. The number of nitrogens with zero attached hydrogens (tertiary/aromatic N) is 6. The van der Waals surface area contributed by atoms with Crippen molar-refractivity contribution in [2.75, 3.05) is 18.4 Å². The van der Waals surface area contributed by atoms with E-state index in [1.807, 2.05) is 4.68 Å². The maximum Gasteiger partial charge on any atom is 0.209 e. The van der Waals surface area contributed by atoms with Crippen LogP contribution in [0.1, 0.15) is 49.7 Å². The van der Waals surface area contributed by atoms with Crippen molar-refractivity contribution in [3.63, 3.8) is 0 Å². The van der Waals surface area contributed by atoms with Crippen molar-refractivity contribution in [2.45, 2.75) is 57.7 Å². The van der Waals surface area contributed by atoms with Crippen LogP contribution in [0.5, 0.6) is 0 Å². The van der Waals surface area contributed by atoms with Gasteiger partial charge in [0, 0.05) is 25.4 Å². The molecule has 1 N–H and O–H groups in total. The van der Waals surface area contributed by atoms with Gasteiger partial charge < -0.3 is 9.88 Å². The summed E-state index contributed by atoms with van der Waals surface area (Å²) in [6, 6.07) is 6.58. The molecule has 164 valence electrons. The highest BCUT2D eigenvalue weighted by molar-refractivity contribution is 7.73. The quantitative estimate of drug-likeness (QED) is 0.558. The molecule has 0 bridgehead atoms. The predicted octanol–water partition coefficient (Wildman–Crippen LogP) is 4.71. The minimum Gasteiger partial charge on any atom is -0.328 e. The number of hydrogen-bond acceptors (Lipinski definition) is 7. The standard InChI is InChI=1S/C21H26FN7S2/c22-16-8-3-4-9-17(16)23-20-26-29(21(30)31-20)14-27-11-6-7-15(13-27)19-25-24-18-10-2-1-5-12-28(18)19/h3-4,8-9,15H,1-2,5-7,10-14H2,(H,23,26)/t15-/m0/s1. The van der Waals surface area contributed by atoms with E-state index < -0.39 is 0 Å². The number of benzene rings is 1. The van der Waals surface area contributed by atoms with Gasteiger partial charge in [-0.15, -0.1) is 15.3 Å². The normalized spacial score (nSPS) is 19.7. The predicted molar refractivity (Wildman–Crippen MR) is 122 cm³/mol. The van der Waals surface area contributed by atoms with E-state index in [-0.39, 0.29) is 5.82 Å². The third kappa shape index (κ3) is 4.56. The minimum atomic E-state index is -0.304. The fraction of sp³-hybridized carbons (Fsp3) is 0.524. The molecule has 5 rings (SSSR count). The second-order valence-corrected chi connectivity index (χ2v) is 9.89. The van der Waals surface area contributed by atoms with Crippen molar-refractivity contribution in [2.24, 2.45) is 0 Å². The lowest BCUT2D eigenvalue weighted by atomic mass is 9.97. The van der Waals surface area contributed by atoms with Crippen LogP contribution in [0, 0.1) is 9.77 Å². The first-order valence-corrected chi connectivity index (χ1v) is 12.1. The molecule has 2 aliphatic rings. The number of rotatable bonds is 5. The van der Waals surface area contributed by atoms with Crippen molar-refractivity contribution in [3.05, 3.63) is 45.7 Å². The zero-order valence-electron chi connectivity index (χ0n) is 17.3. The summed E-state index contributed by atoms with van der Waals surface area (Å²) in [5, 5.41) is 17.3. The molecule has 1 fully saturated rings. The minimum absolute atomic E-state index is 0.304. The second kappa shape index (κ2) is 9.13. The maximum atomic E-state index is 13.9. The number of anilines is 2. The zero-order chi connectivity index (χ0) is 21.2. The first-order chi connectivity index (χ1) is 15.2.